The van der Waals surface area contributed by atoms with E-state index in [2.05, 4.69) is 28.8 Å². The highest BCUT2D eigenvalue weighted by Crippen LogP contribution is 2.14. The zero-order valence-electron chi connectivity index (χ0n) is 19.8. The molecule has 1 amide bonds. The van der Waals surface area contributed by atoms with E-state index in [9.17, 15) is 4.79 Å². The number of nitrogens with zero attached hydrogens (tertiary/aromatic N) is 4. The Labute approximate surface area is 189 Å². The molecule has 0 saturated heterocycles. The molecule has 0 bridgehead atoms. The number of hydrogen-bond acceptors (Lipinski definition) is 3. The van der Waals surface area contributed by atoms with Crippen molar-refractivity contribution in [1.82, 2.24) is 19.7 Å². The van der Waals surface area contributed by atoms with Crippen LogP contribution in [0.5, 0.6) is 0 Å². The molecule has 2 aromatic rings. The summed E-state index contributed by atoms with van der Waals surface area (Å²) in [6, 6.07) is 7.72. The second-order valence-corrected chi connectivity index (χ2v) is 8.53. The van der Waals surface area contributed by atoms with E-state index >= 15 is 0 Å². The Kier molecular flexibility index (Phi) is 12.6. The number of carbonyl (C=O) groups excluding carboxylic acids is 1. The number of rotatable bonds is 17. The largest absolute Gasteiger partial charge is 0.341 e. The predicted molar refractivity (Wildman–Crippen MR) is 129 cm³/mol. The fourth-order valence-corrected chi connectivity index (χ4v) is 3.87. The quantitative estimate of drug-likeness (QED) is 0.271. The van der Waals surface area contributed by atoms with Crippen LogP contribution in [-0.2, 0) is 11.3 Å². The third kappa shape index (κ3) is 10.1. The predicted octanol–water partition coefficient (Wildman–Crippen LogP) is 6.49. The minimum absolute atomic E-state index is 0.179. The lowest BCUT2D eigenvalue weighted by atomic mass is 10.1. The van der Waals surface area contributed by atoms with E-state index in [0.717, 1.165) is 37.3 Å². The third-order valence-electron chi connectivity index (χ3n) is 5.78. The van der Waals surface area contributed by atoms with Crippen molar-refractivity contribution >= 4 is 5.91 Å². The van der Waals surface area contributed by atoms with Crippen molar-refractivity contribution in [1.29, 1.82) is 0 Å². The Morgan fingerprint density at radius 3 is 2.00 bits per heavy atom. The monoisotopic (exact) mass is 426 g/mol. The minimum atomic E-state index is 0.179. The van der Waals surface area contributed by atoms with Crippen LogP contribution in [0.3, 0.4) is 0 Å². The lowest BCUT2D eigenvalue weighted by Crippen LogP contribution is -2.35. The van der Waals surface area contributed by atoms with E-state index in [1.807, 2.05) is 30.5 Å². The van der Waals surface area contributed by atoms with Crippen molar-refractivity contribution in [2.75, 3.05) is 13.1 Å². The van der Waals surface area contributed by atoms with E-state index in [0.29, 0.717) is 6.54 Å². The summed E-state index contributed by atoms with van der Waals surface area (Å²) in [5.41, 5.74) is 1.65. The van der Waals surface area contributed by atoms with Crippen molar-refractivity contribution in [3.8, 4) is 11.4 Å². The molecule has 2 heterocycles. The molecule has 0 radical (unpaired) electrons. The fraction of sp³-hybridized carbons (Fsp3) is 0.654. The lowest BCUT2D eigenvalue weighted by molar-refractivity contribution is -0.132. The molecule has 2 aromatic heterocycles. The number of pyridine rings is 1. The number of carbonyl (C=O) groups is 1. The van der Waals surface area contributed by atoms with Crippen LogP contribution < -0.4 is 0 Å². The molecule has 5 nitrogen and oxygen atoms in total. The SMILES string of the molecule is CCCCCCCCN(CCCCCCCC)C(=O)Cn1ccc(-c2ccccn2)n1. The first-order chi connectivity index (χ1) is 15.2. The fourth-order valence-electron chi connectivity index (χ4n) is 3.87. The van der Waals surface area contributed by atoms with E-state index < -0.39 is 0 Å². The zero-order valence-corrected chi connectivity index (χ0v) is 19.8. The van der Waals surface area contributed by atoms with Gasteiger partial charge in [-0.2, -0.15) is 5.10 Å². The summed E-state index contributed by atoms with van der Waals surface area (Å²) >= 11 is 0. The summed E-state index contributed by atoms with van der Waals surface area (Å²) in [4.78, 5) is 19.5. The van der Waals surface area contributed by atoms with Crippen LogP contribution in [0, 0.1) is 0 Å². The molecule has 0 aliphatic rings. The van der Waals surface area contributed by atoms with Gasteiger partial charge in [0.1, 0.15) is 12.2 Å². The number of unbranched alkanes of at least 4 members (excludes halogenated alkanes) is 10. The molecule has 0 aliphatic heterocycles. The zero-order chi connectivity index (χ0) is 22.2. The number of amides is 1. The molecule has 2 rings (SSSR count). The lowest BCUT2D eigenvalue weighted by Gasteiger charge is -2.23. The van der Waals surface area contributed by atoms with Crippen LogP contribution in [0.1, 0.15) is 90.9 Å². The van der Waals surface area contributed by atoms with Crippen LogP contribution in [0.15, 0.2) is 36.7 Å². The average molecular weight is 427 g/mol. The summed E-state index contributed by atoms with van der Waals surface area (Å²) in [6.07, 6.45) is 18.6. The topological polar surface area (TPSA) is 51.0 Å². The Bertz CT molecular complexity index is 697. The highest BCUT2D eigenvalue weighted by Gasteiger charge is 2.15. The van der Waals surface area contributed by atoms with Crippen LogP contribution in [0.25, 0.3) is 11.4 Å². The molecule has 0 unspecified atom stereocenters. The minimum Gasteiger partial charge on any atom is -0.341 e. The molecule has 0 aliphatic carbocycles. The van der Waals surface area contributed by atoms with E-state index in [1.54, 1.807) is 10.9 Å². The molecule has 0 atom stereocenters. The van der Waals surface area contributed by atoms with E-state index in [-0.39, 0.29) is 5.91 Å². The Morgan fingerprint density at radius 1 is 0.806 bits per heavy atom. The van der Waals surface area contributed by atoms with E-state index in [1.165, 1.54) is 64.2 Å². The first-order valence-corrected chi connectivity index (χ1v) is 12.5. The first kappa shape index (κ1) is 25.1. The summed E-state index contributed by atoms with van der Waals surface area (Å²) < 4.78 is 1.75. The van der Waals surface area contributed by atoms with Gasteiger partial charge in [0.25, 0.3) is 0 Å². The second kappa shape index (κ2) is 15.6. The molecule has 0 aromatic carbocycles. The summed E-state index contributed by atoms with van der Waals surface area (Å²) in [6.45, 7) is 6.53. The molecular formula is C26H42N4O. The Hall–Kier alpha value is -2.17. The molecule has 172 valence electrons. The maximum atomic E-state index is 13.0. The maximum Gasteiger partial charge on any atom is 0.244 e. The van der Waals surface area contributed by atoms with Gasteiger partial charge in [0, 0.05) is 25.5 Å². The highest BCUT2D eigenvalue weighted by atomic mass is 16.2. The van der Waals surface area contributed by atoms with Crippen molar-refractivity contribution in [3.63, 3.8) is 0 Å². The molecule has 0 spiro atoms. The van der Waals surface area contributed by atoms with Gasteiger partial charge in [-0.15, -0.1) is 0 Å². The van der Waals surface area contributed by atoms with Crippen molar-refractivity contribution in [2.45, 2.75) is 97.4 Å². The van der Waals surface area contributed by atoms with Crippen LogP contribution in [-0.4, -0.2) is 38.7 Å². The number of hydrogen-bond donors (Lipinski definition) is 0. The summed E-state index contributed by atoms with van der Waals surface area (Å²) in [5, 5.41) is 4.57. The Balaban J connectivity index is 1.84. The van der Waals surface area contributed by atoms with Crippen molar-refractivity contribution in [3.05, 3.63) is 36.7 Å². The van der Waals surface area contributed by atoms with Crippen LogP contribution in [0.2, 0.25) is 0 Å². The smallest absolute Gasteiger partial charge is 0.244 e. The van der Waals surface area contributed by atoms with Crippen LogP contribution in [0.4, 0.5) is 0 Å². The molecule has 5 heteroatoms. The third-order valence-corrected chi connectivity index (χ3v) is 5.78. The van der Waals surface area contributed by atoms with Gasteiger partial charge < -0.3 is 4.90 Å². The standard InChI is InChI=1S/C26H42N4O/c1-3-5-7-9-11-15-20-29(21-16-12-10-8-6-4-2)26(31)23-30-22-18-25(28-30)24-17-13-14-19-27-24/h13-14,17-19,22H,3-12,15-16,20-21,23H2,1-2H3. The number of aromatic nitrogens is 3. The van der Waals surface area contributed by atoms with Gasteiger partial charge in [-0.1, -0.05) is 84.1 Å². The first-order valence-electron chi connectivity index (χ1n) is 12.5. The van der Waals surface area contributed by atoms with Crippen LogP contribution >= 0.6 is 0 Å². The van der Waals surface area contributed by atoms with E-state index in [4.69, 9.17) is 0 Å². The van der Waals surface area contributed by atoms with Gasteiger partial charge in [0.2, 0.25) is 5.91 Å². The van der Waals surface area contributed by atoms with Gasteiger partial charge >= 0.3 is 0 Å². The molecule has 31 heavy (non-hydrogen) atoms. The average Bonchev–Trinajstić information content (AvgIpc) is 3.26. The summed E-state index contributed by atoms with van der Waals surface area (Å²) in [7, 11) is 0. The Morgan fingerprint density at radius 2 is 1.42 bits per heavy atom. The van der Waals surface area contributed by atoms with Gasteiger partial charge in [-0.25, -0.2) is 0 Å². The maximum absolute atomic E-state index is 13.0. The van der Waals surface area contributed by atoms with Gasteiger partial charge in [-0.05, 0) is 31.0 Å². The molecular weight excluding hydrogens is 384 g/mol. The van der Waals surface area contributed by atoms with Gasteiger partial charge in [-0.3, -0.25) is 14.5 Å². The second-order valence-electron chi connectivity index (χ2n) is 8.53. The highest BCUT2D eigenvalue weighted by molar-refractivity contribution is 5.76. The molecule has 0 fully saturated rings. The molecule has 0 N–H and O–H groups in total. The van der Waals surface area contributed by atoms with Crippen molar-refractivity contribution in [2.24, 2.45) is 0 Å². The van der Waals surface area contributed by atoms with Crippen molar-refractivity contribution < 1.29 is 4.79 Å². The van der Waals surface area contributed by atoms with Gasteiger partial charge in [0.15, 0.2) is 0 Å². The van der Waals surface area contributed by atoms with Gasteiger partial charge in [0.05, 0.1) is 5.69 Å². The normalized spacial score (nSPS) is 11.0. The summed E-state index contributed by atoms with van der Waals surface area (Å²) in [5.74, 6) is 0.179. The molecule has 0 saturated carbocycles.